The van der Waals surface area contributed by atoms with E-state index < -0.39 is 36.3 Å². The number of sulfonamides is 1. The van der Waals surface area contributed by atoms with Gasteiger partial charge in [-0.2, -0.15) is 0 Å². The molecule has 8 aromatic rings. The number of benzene rings is 2. The van der Waals surface area contributed by atoms with Gasteiger partial charge in [0.2, 0.25) is 14.8 Å². The minimum atomic E-state index is -3.71. The van der Waals surface area contributed by atoms with E-state index in [1.807, 2.05) is 61.7 Å². The highest BCUT2D eigenvalue weighted by Gasteiger charge is 2.33. The van der Waals surface area contributed by atoms with Crippen molar-refractivity contribution in [3.63, 3.8) is 0 Å². The largest absolute Gasteiger partial charge is 0.494 e. The fourth-order valence-corrected chi connectivity index (χ4v) is 9.85. The Kier molecular flexibility index (Phi) is 19.9. The van der Waals surface area contributed by atoms with Crippen molar-refractivity contribution in [2.45, 2.75) is 77.1 Å². The van der Waals surface area contributed by atoms with E-state index in [2.05, 4.69) is 66.2 Å². The molecule has 2 aromatic carbocycles. The number of hydrogen-bond donors (Lipinski definition) is 1. The molecule has 2 N–H and O–H groups in total. The minimum absolute atomic E-state index is 0. The fourth-order valence-electron chi connectivity index (χ4n) is 7.18. The molecule has 6 heterocycles. The highest BCUT2D eigenvalue weighted by molar-refractivity contribution is 9.10. The van der Waals surface area contributed by atoms with Crippen LogP contribution in [0.3, 0.4) is 0 Å². The van der Waals surface area contributed by atoms with Crippen molar-refractivity contribution < 1.29 is 35.8 Å². The molecule has 4 atom stereocenters. The number of halogens is 1. The molecule has 0 spiro atoms. The van der Waals surface area contributed by atoms with Gasteiger partial charge in [-0.05, 0) is 103 Å². The molecule has 0 amide bonds. The molecule has 74 heavy (non-hydrogen) atoms. The molecule has 0 bridgehead atoms. The second-order valence-corrected chi connectivity index (χ2v) is 21.5. The Hall–Kier alpha value is -7.28. The highest BCUT2D eigenvalue weighted by Crippen LogP contribution is 2.39. The number of nitrogens with zero attached hydrogens (tertiary/aromatic N) is 12. The van der Waals surface area contributed by atoms with E-state index >= 15 is 0 Å². The number of sulfone groups is 1. The zero-order valence-corrected chi connectivity index (χ0v) is 45.0. The van der Waals surface area contributed by atoms with Crippen molar-refractivity contribution in [3.8, 4) is 57.1 Å². The van der Waals surface area contributed by atoms with E-state index in [0.717, 1.165) is 22.4 Å². The summed E-state index contributed by atoms with van der Waals surface area (Å²) in [6, 6.07) is 18.3. The van der Waals surface area contributed by atoms with Crippen molar-refractivity contribution >= 4 is 35.8 Å². The fraction of sp³-hybridized carbons (Fsp3) is 0.320. The number of nitrogens with two attached hydrogens (primary N) is 1. The van der Waals surface area contributed by atoms with E-state index in [0.29, 0.717) is 62.3 Å². The molecule has 0 radical (unpaired) electrons. The number of para-hydroxylation sites is 2. The maximum atomic E-state index is 13.6. The summed E-state index contributed by atoms with van der Waals surface area (Å²) in [5.41, 5.74) is 4.57. The lowest BCUT2D eigenvalue weighted by atomic mass is 10.1. The number of aromatic nitrogens is 12. The molecule has 0 aliphatic carbocycles. The van der Waals surface area contributed by atoms with Gasteiger partial charge in [0.25, 0.3) is 0 Å². The second-order valence-electron chi connectivity index (χ2n) is 16.5. The summed E-state index contributed by atoms with van der Waals surface area (Å²) in [6.45, 7) is 10.5. The molecule has 0 saturated heterocycles. The third-order valence-corrected chi connectivity index (χ3v) is 15.8. The normalized spacial score (nSPS) is 12.8. The molecule has 0 aliphatic rings. The van der Waals surface area contributed by atoms with Crippen LogP contribution in [0.5, 0.6) is 23.0 Å². The number of aryl methyl sites for hydroxylation is 2. The smallest absolute Gasteiger partial charge is 0.212 e. The second kappa shape index (κ2) is 25.6. The van der Waals surface area contributed by atoms with Crippen LogP contribution in [0.2, 0.25) is 0 Å². The van der Waals surface area contributed by atoms with Gasteiger partial charge in [-0.25, -0.2) is 41.9 Å². The van der Waals surface area contributed by atoms with Gasteiger partial charge in [-0.1, -0.05) is 33.4 Å². The third-order valence-electron chi connectivity index (χ3n) is 11.7. The lowest BCUT2D eigenvalue weighted by Gasteiger charge is -2.20. The molecular formula is C50H60BrN13O8S2. The Morgan fingerprint density at radius 2 is 0.946 bits per heavy atom. The van der Waals surface area contributed by atoms with E-state index in [-0.39, 0.29) is 24.9 Å². The Balaban J connectivity index is 0.000000226. The molecule has 21 nitrogen and oxygen atoms in total. The van der Waals surface area contributed by atoms with E-state index in [1.165, 1.54) is 14.2 Å². The first-order valence-electron chi connectivity index (χ1n) is 22.4. The van der Waals surface area contributed by atoms with E-state index in [9.17, 15) is 16.8 Å². The summed E-state index contributed by atoms with van der Waals surface area (Å²) in [6.07, 6.45) is 13.4. The molecule has 6 aromatic heterocycles. The molecule has 0 saturated carbocycles. The van der Waals surface area contributed by atoms with Gasteiger partial charge < -0.3 is 18.9 Å². The molecular weight excluding hydrogens is 1050 g/mol. The maximum Gasteiger partial charge on any atom is 0.212 e. The van der Waals surface area contributed by atoms with Crippen LogP contribution in [-0.2, 0) is 25.6 Å². The SMILES string of the molecule is C.COc1cccc(OC)c1-n1c(Br)nnc1-c1cccnc1.COc1cccc(OC)c1-n1c(CS(=O)(=O)[C@@H](C)[C@H](C)c2ncc(C)cn2)nnc1-c1cccnc1.Cc1cnc([C@@H](C)[C@H](C)S(N)(=O)=O)nc1. The van der Waals surface area contributed by atoms with E-state index in [4.69, 9.17) is 24.1 Å². The van der Waals surface area contributed by atoms with Gasteiger partial charge in [0.1, 0.15) is 51.8 Å². The number of methoxy groups -OCH3 is 4. The first-order chi connectivity index (χ1) is 34.8. The molecule has 8 rings (SSSR count). The summed E-state index contributed by atoms with van der Waals surface area (Å²) < 4.78 is 75.7. The number of ether oxygens (including phenoxy) is 4. The van der Waals surface area contributed by atoms with Crippen molar-refractivity contribution in [1.82, 2.24) is 59.4 Å². The Morgan fingerprint density at radius 1 is 0.554 bits per heavy atom. The van der Waals surface area contributed by atoms with Gasteiger partial charge in [0.15, 0.2) is 27.3 Å². The number of pyridine rings is 2. The summed E-state index contributed by atoms with van der Waals surface area (Å²) in [5, 5.41) is 20.6. The molecule has 392 valence electrons. The first-order valence-corrected chi connectivity index (χ1v) is 26.6. The van der Waals surface area contributed by atoms with Gasteiger partial charge in [-0.3, -0.25) is 19.1 Å². The minimum Gasteiger partial charge on any atom is -0.494 e. The van der Waals surface area contributed by atoms with Crippen molar-refractivity contribution in [3.05, 3.63) is 144 Å². The predicted molar refractivity (Wildman–Crippen MR) is 285 cm³/mol. The Morgan fingerprint density at radius 3 is 1.34 bits per heavy atom. The third kappa shape index (κ3) is 13.5. The number of rotatable bonds is 16. The van der Waals surface area contributed by atoms with Crippen LogP contribution in [0.15, 0.2) is 115 Å². The Labute approximate surface area is 440 Å². The van der Waals surface area contributed by atoms with Crippen molar-refractivity contribution in [2.24, 2.45) is 5.14 Å². The quantitative estimate of drug-likeness (QED) is 0.0964. The van der Waals surface area contributed by atoms with Crippen LogP contribution in [0, 0.1) is 13.8 Å². The zero-order valence-electron chi connectivity index (χ0n) is 41.8. The summed E-state index contributed by atoms with van der Waals surface area (Å²) in [7, 11) is -0.956. The first kappa shape index (κ1) is 57.6. The Bertz CT molecular complexity index is 3270. The molecule has 0 fully saturated rings. The van der Waals surface area contributed by atoms with Crippen LogP contribution in [0.1, 0.15) is 75.6 Å². The predicted octanol–water partition coefficient (Wildman–Crippen LogP) is 7.86. The van der Waals surface area contributed by atoms with Crippen molar-refractivity contribution in [1.29, 1.82) is 0 Å². The van der Waals surface area contributed by atoms with E-state index in [1.54, 1.807) is 113 Å². The van der Waals surface area contributed by atoms with Gasteiger partial charge in [0.05, 0.1) is 38.9 Å². The zero-order chi connectivity index (χ0) is 53.0. The molecule has 0 aliphatic heterocycles. The lowest BCUT2D eigenvalue weighted by molar-refractivity contribution is 0.390. The van der Waals surface area contributed by atoms with Crippen molar-refractivity contribution in [2.75, 3.05) is 28.4 Å². The lowest BCUT2D eigenvalue weighted by Crippen LogP contribution is -2.31. The van der Waals surface area contributed by atoms with Crippen LogP contribution in [0.4, 0.5) is 0 Å². The van der Waals surface area contributed by atoms with Crippen LogP contribution in [0.25, 0.3) is 34.2 Å². The van der Waals surface area contributed by atoms with Gasteiger partial charge >= 0.3 is 0 Å². The molecule has 24 heteroatoms. The number of hydrogen-bond acceptors (Lipinski definition) is 18. The van der Waals surface area contributed by atoms with Crippen LogP contribution >= 0.6 is 15.9 Å². The van der Waals surface area contributed by atoms with Gasteiger partial charge in [0, 0.05) is 72.5 Å². The average Bonchev–Trinajstić information content (AvgIpc) is 4.00. The maximum absolute atomic E-state index is 13.6. The summed E-state index contributed by atoms with van der Waals surface area (Å²) in [5.74, 6) is 3.43. The van der Waals surface area contributed by atoms with Gasteiger partial charge in [-0.15, -0.1) is 20.4 Å². The monoisotopic (exact) mass is 1110 g/mol. The molecule has 0 unspecified atom stereocenters. The summed E-state index contributed by atoms with van der Waals surface area (Å²) >= 11 is 3.44. The standard InChI is InChI=1S/C25H28N6O4S.C15H13BrN4O2.C9H15N3O2S.CH4/c1-16-12-27-24(28-13-16)17(2)18(3)36(32,33)15-22-29-30-25(19-8-7-11-26-14-19)31(22)23-20(34-4)9-6-10-21(23)35-5;1-21-11-6-3-7-12(22-2)13(11)20-14(18-19-15(20)16)10-5-4-8-17-9-10;1-6-4-11-9(12-5-6)7(2)8(3)15(10,13)14;/h6-14,17-18H,15H2,1-5H3;3-9H,1-2H3;4-5,7-8H,1-3H3,(H2,10,13,14);1H4/t17-,18-;;7-,8-;/m0.0./s1. The highest BCUT2D eigenvalue weighted by atomic mass is 79.9. The average molecular weight is 1120 g/mol. The number of primary sulfonamides is 1. The van der Waals surface area contributed by atoms with Crippen LogP contribution in [-0.4, -0.2) is 115 Å². The van der Waals surface area contributed by atoms with Crippen LogP contribution < -0.4 is 24.1 Å². The topological polar surface area (TPSA) is 270 Å². The summed E-state index contributed by atoms with van der Waals surface area (Å²) in [4.78, 5) is 25.1.